The third kappa shape index (κ3) is 1.65. The van der Waals surface area contributed by atoms with Gasteiger partial charge in [-0.15, -0.1) is 0 Å². The number of aliphatic imine (C=N–C) groups is 1. The van der Waals surface area contributed by atoms with E-state index in [1.165, 1.54) is 4.90 Å². The molecule has 0 radical (unpaired) electrons. The minimum atomic E-state index is -2.25. The van der Waals surface area contributed by atoms with Crippen molar-refractivity contribution in [3.8, 4) is 0 Å². The maximum atomic E-state index is 10.8. The highest BCUT2D eigenvalue weighted by molar-refractivity contribution is 5.86. The summed E-state index contributed by atoms with van der Waals surface area (Å²) >= 11 is 0. The monoisotopic (exact) mass is 315 g/mol. The molecular weight excluding hydrogens is 298 g/mol. The fraction of sp³-hybridized carbons (Fsp3) is 0.700. The van der Waals surface area contributed by atoms with Gasteiger partial charge >= 0.3 is 6.09 Å². The van der Waals surface area contributed by atoms with E-state index in [0.717, 1.165) is 0 Å². The van der Waals surface area contributed by atoms with Crippen molar-refractivity contribution in [2.24, 2.45) is 16.5 Å². The predicted molar refractivity (Wildman–Crippen MR) is 70.4 cm³/mol. The average Bonchev–Trinajstić information content (AvgIpc) is 2.89. The summed E-state index contributed by atoms with van der Waals surface area (Å²) in [5, 5.41) is 42.1. The molecule has 2 saturated heterocycles. The Morgan fingerprint density at radius 3 is 2.91 bits per heavy atom. The molecule has 0 unspecified atom stereocenters. The van der Waals surface area contributed by atoms with Gasteiger partial charge in [0.25, 0.3) is 0 Å². The number of amides is 1. The number of ether oxygens (including phenoxy) is 1. The zero-order chi connectivity index (χ0) is 16.3. The number of guanidine groups is 2. The van der Waals surface area contributed by atoms with Crippen LogP contribution in [0.5, 0.6) is 0 Å². The topological polar surface area (TPSA) is 194 Å². The van der Waals surface area contributed by atoms with Crippen LogP contribution in [-0.2, 0) is 4.74 Å². The van der Waals surface area contributed by atoms with E-state index in [0.29, 0.717) is 5.06 Å². The number of nitrogens with one attached hydrogen (secondary N) is 2. The number of rotatable bonds is 2. The lowest BCUT2D eigenvalue weighted by Crippen LogP contribution is -2.80. The van der Waals surface area contributed by atoms with Gasteiger partial charge in [0.2, 0.25) is 11.7 Å². The van der Waals surface area contributed by atoms with E-state index in [2.05, 4.69) is 15.0 Å². The van der Waals surface area contributed by atoms with Crippen molar-refractivity contribution in [2.45, 2.75) is 30.0 Å². The molecule has 0 aliphatic carbocycles. The Balaban J connectivity index is 2.03. The summed E-state index contributed by atoms with van der Waals surface area (Å²) in [7, 11) is 0. The first-order valence-electron chi connectivity index (χ1n) is 6.53. The van der Waals surface area contributed by atoms with Crippen LogP contribution in [0.25, 0.3) is 0 Å². The van der Waals surface area contributed by atoms with Gasteiger partial charge in [-0.3, -0.25) is 10.6 Å². The van der Waals surface area contributed by atoms with E-state index in [4.69, 9.17) is 16.9 Å². The average molecular weight is 315 g/mol. The Kier molecular flexibility index (Phi) is 2.89. The number of aliphatic hydroxyl groups is 2. The summed E-state index contributed by atoms with van der Waals surface area (Å²) < 4.78 is 4.68. The first kappa shape index (κ1) is 14.6. The number of hydroxylamine groups is 2. The highest BCUT2D eigenvalue weighted by Gasteiger charge is 2.71. The molecule has 3 aliphatic heterocycles. The molecule has 12 heteroatoms. The zero-order valence-electron chi connectivity index (χ0n) is 11.4. The summed E-state index contributed by atoms with van der Waals surface area (Å²) in [5.41, 5.74) is 8.96. The van der Waals surface area contributed by atoms with Crippen LogP contribution < -0.4 is 16.8 Å². The van der Waals surface area contributed by atoms with Crippen LogP contribution in [0.4, 0.5) is 4.79 Å². The number of hydrogen-bond acceptors (Lipinski definition) is 9. The van der Waals surface area contributed by atoms with Crippen LogP contribution in [0.1, 0.15) is 6.42 Å². The van der Waals surface area contributed by atoms with Crippen molar-refractivity contribution in [2.75, 3.05) is 13.2 Å². The molecule has 0 aromatic heterocycles. The normalized spacial score (nSPS) is 35.6. The summed E-state index contributed by atoms with van der Waals surface area (Å²) in [6.45, 7) is -0.304. The maximum absolute atomic E-state index is 10.8. The van der Waals surface area contributed by atoms with Gasteiger partial charge in [-0.25, -0.2) is 14.9 Å². The Labute approximate surface area is 124 Å². The van der Waals surface area contributed by atoms with E-state index in [9.17, 15) is 20.2 Å². The van der Waals surface area contributed by atoms with Gasteiger partial charge in [0.15, 0.2) is 11.6 Å². The predicted octanol–water partition coefficient (Wildman–Crippen LogP) is -3.54. The van der Waals surface area contributed by atoms with Gasteiger partial charge < -0.3 is 36.6 Å². The number of hydrogen-bond donors (Lipinski definition) is 7. The zero-order valence-corrected chi connectivity index (χ0v) is 11.4. The van der Waals surface area contributed by atoms with Crippen molar-refractivity contribution < 1.29 is 25.0 Å². The molecule has 122 valence electrons. The fourth-order valence-electron chi connectivity index (χ4n) is 3.34. The first-order valence-corrected chi connectivity index (χ1v) is 6.53. The summed E-state index contributed by atoms with van der Waals surface area (Å²) in [5.74, 6) is -2.71. The standard InChI is InChI=1S/C10H17N7O5/c11-6-14-5-4(3-22-8(13)18)17(21)7(12)16-2-1-9(19,20)10(5,16)15-6/h4-5,12,19-21H,1-3H2,(H2,13,18)(H3,11,14,15)/t4-,5+,10-/m0/s1. The van der Waals surface area contributed by atoms with Crippen molar-refractivity contribution in [1.82, 2.24) is 15.3 Å². The Morgan fingerprint density at radius 1 is 1.59 bits per heavy atom. The van der Waals surface area contributed by atoms with Gasteiger partial charge in [-0.2, -0.15) is 0 Å². The minimum Gasteiger partial charge on any atom is -0.447 e. The molecule has 1 amide bonds. The summed E-state index contributed by atoms with van der Waals surface area (Å²) in [4.78, 5) is 16.1. The van der Waals surface area contributed by atoms with Crippen LogP contribution in [-0.4, -0.2) is 80.1 Å². The number of primary amides is 1. The lowest BCUT2D eigenvalue weighted by molar-refractivity contribution is -0.241. The van der Waals surface area contributed by atoms with Crippen LogP contribution >= 0.6 is 0 Å². The van der Waals surface area contributed by atoms with Gasteiger partial charge in [0.1, 0.15) is 18.7 Å². The van der Waals surface area contributed by atoms with Crippen molar-refractivity contribution in [3.05, 3.63) is 0 Å². The van der Waals surface area contributed by atoms with Gasteiger partial charge in [0.05, 0.1) is 0 Å². The van der Waals surface area contributed by atoms with Gasteiger partial charge in [-0.1, -0.05) is 0 Å². The lowest BCUT2D eigenvalue weighted by atomic mass is 9.86. The Morgan fingerprint density at radius 2 is 2.27 bits per heavy atom. The molecule has 0 aromatic carbocycles. The Hall–Kier alpha value is -2.31. The van der Waals surface area contributed by atoms with Crippen molar-refractivity contribution >= 4 is 18.0 Å². The van der Waals surface area contributed by atoms with Crippen LogP contribution in [0.3, 0.4) is 0 Å². The second-order valence-electron chi connectivity index (χ2n) is 5.43. The molecule has 0 saturated carbocycles. The molecule has 0 bridgehead atoms. The van der Waals surface area contributed by atoms with Crippen LogP contribution in [0.2, 0.25) is 0 Å². The maximum Gasteiger partial charge on any atom is 0.404 e. The van der Waals surface area contributed by atoms with Gasteiger partial charge in [-0.05, 0) is 0 Å². The SMILES string of the molecule is N=C1N(O)[C@@H](COC(N)=O)[C@H]2N=C(N)N[C@]23N1CCC3(O)O. The molecule has 9 N–H and O–H groups in total. The van der Waals surface area contributed by atoms with Crippen LogP contribution in [0, 0.1) is 5.41 Å². The number of carbonyl (C=O) groups excluding carboxylic acids is 1. The number of carbonyl (C=O) groups is 1. The van der Waals surface area contributed by atoms with E-state index >= 15 is 0 Å². The number of nitrogens with zero attached hydrogens (tertiary/aromatic N) is 3. The summed E-state index contributed by atoms with van der Waals surface area (Å²) in [6, 6.07) is -2.05. The first-order chi connectivity index (χ1) is 10.2. The van der Waals surface area contributed by atoms with E-state index in [1.54, 1.807) is 0 Å². The molecule has 12 nitrogen and oxygen atoms in total. The molecule has 3 aliphatic rings. The highest BCUT2D eigenvalue weighted by Crippen LogP contribution is 2.45. The fourth-order valence-corrected chi connectivity index (χ4v) is 3.34. The number of nitrogens with two attached hydrogens (primary N) is 2. The third-order valence-electron chi connectivity index (χ3n) is 4.29. The second kappa shape index (κ2) is 4.34. The second-order valence-corrected chi connectivity index (χ2v) is 5.43. The van der Waals surface area contributed by atoms with Crippen molar-refractivity contribution in [1.29, 1.82) is 5.41 Å². The molecule has 2 fully saturated rings. The molecule has 3 atom stereocenters. The third-order valence-corrected chi connectivity index (χ3v) is 4.29. The molecule has 3 rings (SSSR count). The largest absolute Gasteiger partial charge is 0.447 e. The lowest BCUT2D eigenvalue weighted by Gasteiger charge is -2.52. The molecule has 0 aromatic rings. The van der Waals surface area contributed by atoms with E-state index < -0.39 is 42.2 Å². The minimum absolute atomic E-state index is 0.0726. The summed E-state index contributed by atoms with van der Waals surface area (Å²) in [6.07, 6.45) is -1.15. The van der Waals surface area contributed by atoms with E-state index in [-0.39, 0.29) is 18.9 Å². The molecule has 22 heavy (non-hydrogen) atoms. The molecule has 1 spiro atoms. The van der Waals surface area contributed by atoms with Gasteiger partial charge in [0, 0.05) is 13.0 Å². The smallest absolute Gasteiger partial charge is 0.404 e. The van der Waals surface area contributed by atoms with Crippen LogP contribution in [0.15, 0.2) is 4.99 Å². The Bertz CT molecular complexity index is 566. The quantitative estimate of drug-likeness (QED) is 0.252. The van der Waals surface area contributed by atoms with E-state index in [1.807, 2.05) is 0 Å². The molecular formula is C10H17N7O5. The molecule has 3 heterocycles. The highest BCUT2D eigenvalue weighted by atomic mass is 16.6. The van der Waals surface area contributed by atoms with Crippen molar-refractivity contribution in [3.63, 3.8) is 0 Å².